The number of nitrogens with one attached hydrogen (secondary N) is 1. The Balaban J connectivity index is 2.03. The maximum absolute atomic E-state index is 12.8. The first-order valence-corrected chi connectivity index (χ1v) is 6.39. The Kier molecular flexibility index (Phi) is 7.21. The minimum Gasteiger partial charge on any atom is -0.383 e. The zero-order chi connectivity index (χ0) is 11.6. The predicted octanol–water partition coefficient (Wildman–Crippen LogP) is 2.54. The molecule has 0 bridgehead atoms. The molecule has 90 valence electrons. The van der Waals surface area contributed by atoms with E-state index in [0.29, 0.717) is 0 Å². The molecule has 0 radical (unpaired) electrons. The van der Waals surface area contributed by atoms with E-state index in [2.05, 4.69) is 5.32 Å². The zero-order valence-electron chi connectivity index (χ0n) is 9.54. The summed E-state index contributed by atoms with van der Waals surface area (Å²) in [7, 11) is 1.70. The minimum absolute atomic E-state index is 0.164. The second-order valence-corrected chi connectivity index (χ2v) is 4.57. The van der Waals surface area contributed by atoms with Crippen LogP contribution in [0.3, 0.4) is 0 Å². The van der Waals surface area contributed by atoms with Crippen LogP contribution in [0.1, 0.15) is 6.42 Å². The van der Waals surface area contributed by atoms with Crippen LogP contribution in [0, 0.1) is 5.82 Å². The highest BCUT2D eigenvalue weighted by Gasteiger charge is 1.95. The van der Waals surface area contributed by atoms with Crippen molar-refractivity contribution in [1.29, 1.82) is 0 Å². The molecule has 16 heavy (non-hydrogen) atoms. The molecule has 2 nitrogen and oxygen atoms in total. The average molecular weight is 243 g/mol. The van der Waals surface area contributed by atoms with Crippen LogP contribution in [-0.4, -0.2) is 32.6 Å². The monoisotopic (exact) mass is 243 g/mol. The van der Waals surface area contributed by atoms with Gasteiger partial charge in [0.2, 0.25) is 0 Å². The predicted molar refractivity (Wildman–Crippen MR) is 66.5 cm³/mol. The summed E-state index contributed by atoms with van der Waals surface area (Å²) < 4.78 is 17.8. The maximum atomic E-state index is 12.8. The Morgan fingerprint density at radius 2 is 2.25 bits per heavy atom. The van der Waals surface area contributed by atoms with E-state index in [1.165, 1.54) is 6.07 Å². The van der Waals surface area contributed by atoms with Crippen molar-refractivity contribution in [2.75, 3.05) is 32.6 Å². The molecule has 1 aromatic rings. The SMILES string of the molecule is COCCNCCCSc1cccc(F)c1. The summed E-state index contributed by atoms with van der Waals surface area (Å²) in [5, 5.41) is 3.27. The molecule has 0 saturated heterocycles. The van der Waals surface area contributed by atoms with E-state index in [4.69, 9.17) is 4.74 Å². The van der Waals surface area contributed by atoms with E-state index in [1.54, 1.807) is 31.0 Å². The van der Waals surface area contributed by atoms with E-state index in [-0.39, 0.29) is 5.82 Å². The number of rotatable bonds is 8. The molecule has 0 unspecified atom stereocenters. The molecule has 0 fully saturated rings. The van der Waals surface area contributed by atoms with Crippen LogP contribution >= 0.6 is 11.8 Å². The lowest BCUT2D eigenvalue weighted by molar-refractivity contribution is 0.199. The van der Waals surface area contributed by atoms with Crippen LogP contribution in [0.15, 0.2) is 29.2 Å². The third kappa shape index (κ3) is 6.10. The number of thioether (sulfide) groups is 1. The number of hydrogen-bond acceptors (Lipinski definition) is 3. The van der Waals surface area contributed by atoms with Crippen LogP contribution < -0.4 is 5.32 Å². The summed E-state index contributed by atoms with van der Waals surface area (Å²) in [5.41, 5.74) is 0. The van der Waals surface area contributed by atoms with Gasteiger partial charge in [-0.2, -0.15) is 0 Å². The molecule has 4 heteroatoms. The van der Waals surface area contributed by atoms with Crippen LogP contribution in [0.25, 0.3) is 0 Å². The third-order valence-electron chi connectivity index (χ3n) is 2.05. The summed E-state index contributed by atoms with van der Waals surface area (Å²) in [6, 6.07) is 6.72. The molecule has 1 rings (SSSR count). The Labute approximate surface area is 101 Å². The molecule has 0 atom stereocenters. The first-order valence-electron chi connectivity index (χ1n) is 5.41. The largest absolute Gasteiger partial charge is 0.383 e. The van der Waals surface area contributed by atoms with Gasteiger partial charge in [0.15, 0.2) is 0 Å². The Hall–Kier alpha value is -0.580. The fourth-order valence-electron chi connectivity index (χ4n) is 1.24. The molecule has 0 spiro atoms. The summed E-state index contributed by atoms with van der Waals surface area (Å²) in [6.45, 7) is 2.61. The summed E-state index contributed by atoms with van der Waals surface area (Å²) in [6.07, 6.45) is 1.07. The van der Waals surface area contributed by atoms with Gasteiger partial charge in [0.05, 0.1) is 6.61 Å². The number of methoxy groups -OCH3 is 1. The lowest BCUT2D eigenvalue weighted by atomic mass is 10.4. The highest BCUT2D eigenvalue weighted by molar-refractivity contribution is 7.99. The first kappa shape index (κ1) is 13.5. The van der Waals surface area contributed by atoms with Crippen molar-refractivity contribution in [3.8, 4) is 0 Å². The van der Waals surface area contributed by atoms with Crippen LogP contribution in [0.2, 0.25) is 0 Å². The molecular weight excluding hydrogens is 225 g/mol. The van der Waals surface area contributed by atoms with Gasteiger partial charge in [-0.3, -0.25) is 0 Å². The Morgan fingerprint density at radius 3 is 3.00 bits per heavy atom. The number of ether oxygens (including phenoxy) is 1. The Morgan fingerprint density at radius 1 is 1.38 bits per heavy atom. The molecule has 0 aliphatic heterocycles. The minimum atomic E-state index is -0.164. The number of halogens is 1. The molecule has 0 saturated carbocycles. The highest BCUT2D eigenvalue weighted by Crippen LogP contribution is 2.18. The van der Waals surface area contributed by atoms with E-state index in [0.717, 1.165) is 36.8 Å². The Bertz CT molecular complexity index is 296. The van der Waals surface area contributed by atoms with Crippen LogP contribution in [-0.2, 0) is 4.74 Å². The molecule has 0 aliphatic carbocycles. The first-order chi connectivity index (χ1) is 7.83. The molecule has 0 aliphatic rings. The van der Waals surface area contributed by atoms with Gasteiger partial charge in [-0.05, 0) is 36.9 Å². The van der Waals surface area contributed by atoms with E-state index >= 15 is 0 Å². The second-order valence-electron chi connectivity index (χ2n) is 3.40. The molecule has 1 N–H and O–H groups in total. The van der Waals surface area contributed by atoms with E-state index in [1.807, 2.05) is 6.07 Å². The van der Waals surface area contributed by atoms with Gasteiger partial charge in [0.25, 0.3) is 0 Å². The third-order valence-corrected chi connectivity index (χ3v) is 3.13. The van der Waals surface area contributed by atoms with Gasteiger partial charge in [0.1, 0.15) is 5.82 Å². The number of benzene rings is 1. The smallest absolute Gasteiger partial charge is 0.124 e. The van der Waals surface area contributed by atoms with Gasteiger partial charge in [-0.25, -0.2) is 4.39 Å². The van der Waals surface area contributed by atoms with E-state index in [9.17, 15) is 4.39 Å². The molecule has 0 amide bonds. The molecule has 0 aromatic heterocycles. The lowest BCUT2D eigenvalue weighted by Gasteiger charge is -2.04. The molecular formula is C12H18FNOS. The second kappa shape index (κ2) is 8.56. The van der Waals surface area contributed by atoms with Gasteiger partial charge in [-0.15, -0.1) is 11.8 Å². The van der Waals surface area contributed by atoms with Crippen molar-refractivity contribution in [1.82, 2.24) is 5.32 Å². The van der Waals surface area contributed by atoms with Crippen molar-refractivity contribution in [3.63, 3.8) is 0 Å². The summed E-state index contributed by atoms with van der Waals surface area (Å²) >= 11 is 1.69. The van der Waals surface area contributed by atoms with Crippen molar-refractivity contribution in [2.24, 2.45) is 0 Å². The van der Waals surface area contributed by atoms with Gasteiger partial charge in [-0.1, -0.05) is 6.07 Å². The van der Waals surface area contributed by atoms with Crippen molar-refractivity contribution in [2.45, 2.75) is 11.3 Å². The number of hydrogen-bond donors (Lipinski definition) is 1. The van der Waals surface area contributed by atoms with Gasteiger partial charge >= 0.3 is 0 Å². The summed E-state index contributed by atoms with van der Waals surface area (Å²) in [5.74, 6) is 0.840. The highest BCUT2D eigenvalue weighted by atomic mass is 32.2. The van der Waals surface area contributed by atoms with Crippen molar-refractivity contribution in [3.05, 3.63) is 30.1 Å². The van der Waals surface area contributed by atoms with Crippen LogP contribution in [0.5, 0.6) is 0 Å². The average Bonchev–Trinajstić information content (AvgIpc) is 2.28. The normalized spacial score (nSPS) is 10.6. The fraction of sp³-hybridized carbons (Fsp3) is 0.500. The lowest BCUT2D eigenvalue weighted by Crippen LogP contribution is -2.20. The standard InChI is InChI=1S/C12H18FNOS/c1-15-8-7-14-6-3-9-16-12-5-2-4-11(13)10-12/h2,4-5,10,14H,3,6-9H2,1H3. The van der Waals surface area contributed by atoms with Crippen molar-refractivity contribution >= 4 is 11.8 Å². The fourth-order valence-corrected chi connectivity index (χ4v) is 2.14. The molecule has 1 aromatic carbocycles. The van der Waals surface area contributed by atoms with Crippen LogP contribution in [0.4, 0.5) is 4.39 Å². The summed E-state index contributed by atoms with van der Waals surface area (Å²) in [4.78, 5) is 0.997. The quantitative estimate of drug-likeness (QED) is 0.560. The maximum Gasteiger partial charge on any atom is 0.124 e. The molecule has 0 heterocycles. The van der Waals surface area contributed by atoms with Gasteiger partial charge in [0, 0.05) is 18.6 Å². The van der Waals surface area contributed by atoms with Crippen molar-refractivity contribution < 1.29 is 9.13 Å². The van der Waals surface area contributed by atoms with E-state index < -0.39 is 0 Å². The topological polar surface area (TPSA) is 21.3 Å². The zero-order valence-corrected chi connectivity index (χ0v) is 10.4. The van der Waals surface area contributed by atoms with Gasteiger partial charge < -0.3 is 10.1 Å².